The Hall–Kier alpha value is -2.24. The van der Waals surface area contributed by atoms with E-state index >= 15 is 0 Å². The van der Waals surface area contributed by atoms with Crippen LogP contribution in [0.25, 0.3) is 11.0 Å². The summed E-state index contributed by atoms with van der Waals surface area (Å²) in [6.45, 7) is 5.27. The minimum Gasteiger partial charge on any atom is -0.327 e. The molecule has 1 heterocycles. The Morgan fingerprint density at radius 3 is 2.58 bits per heavy atom. The summed E-state index contributed by atoms with van der Waals surface area (Å²) < 4.78 is 1.17. The highest BCUT2D eigenvalue weighted by atomic mass is 16.2. The van der Waals surface area contributed by atoms with E-state index in [1.807, 2.05) is 6.07 Å². The number of nitrogens with zero attached hydrogens (tertiary/aromatic N) is 3. The van der Waals surface area contributed by atoms with Gasteiger partial charge in [-0.25, -0.2) is 4.79 Å². The summed E-state index contributed by atoms with van der Waals surface area (Å²) in [5.41, 5.74) is 1.25. The largest absolute Gasteiger partial charge is 0.344 e. The van der Waals surface area contributed by atoms with Gasteiger partial charge in [-0.1, -0.05) is 31.2 Å². The van der Waals surface area contributed by atoms with Gasteiger partial charge in [0.15, 0.2) is 5.78 Å². The molecule has 0 saturated carbocycles. The molecule has 1 unspecified atom stereocenters. The molecule has 0 spiro atoms. The number of rotatable bonds is 3. The van der Waals surface area contributed by atoms with E-state index in [9.17, 15) is 9.59 Å². The lowest BCUT2D eigenvalue weighted by molar-refractivity contribution is -0.123. The number of nitrogens with one attached hydrogen (secondary N) is 1. The number of hydrogen-bond donors (Lipinski definition) is 1. The Bertz CT molecular complexity index is 618. The van der Waals surface area contributed by atoms with Gasteiger partial charge in [0.1, 0.15) is 5.52 Å². The van der Waals surface area contributed by atoms with Gasteiger partial charge in [0.25, 0.3) is 0 Å². The van der Waals surface area contributed by atoms with Crippen LogP contribution in [-0.4, -0.2) is 32.9 Å². The van der Waals surface area contributed by atoms with E-state index in [0.29, 0.717) is 11.0 Å². The molecular formula is C13H16N4O2. The van der Waals surface area contributed by atoms with Crippen LogP contribution in [0.4, 0.5) is 4.79 Å². The maximum absolute atomic E-state index is 12.1. The van der Waals surface area contributed by atoms with Gasteiger partial charge in [0.2, 0.25) is 0 Å². The molecule has 1 amide bonds. The summed E-state index contributed by atoms with van der Waals surface area (Å²) in [5, 5.41) is 10.3. The molecule has 0 radical (unpaired) electrons. The zero-order chi connectivity index (χ0) is 14.0. The van der Waals surface area contributed by atoms with Crippen molar-refractivity contribution >= 4 is 22.8 Å². The topological polar surface area (TPSA) is 76.9 Å². The Balaban J connectivity index is 2.19. The zero-order valence-corrected chi connectivity index (χ0v) is 11.1. The lowest BCUT2D eigenvalue weighted by Gasteiger charge is -2.14. The molecule has 0 aliphatic heterocycles. The van der Waals surface area contributed by atoms with E-state index in [1.165, 1.54) is 4.68 Å². The SMILES string of the molecule is CC(C)C(=O)C(C)NC(=O)n1nnc2ccccc21. The summed E-state index contributed by atoms with van der Waals surface area (Å²) >= 11 is 0. The number of fused-ring (bicyclic) bond motifs is 1. The van der Waals surface area contributed by atoms with Crippen LogP contribution < -0.4 is 5.32 Å². The summed E-state index contributed by atoms with van der Waals surface area (Å²) in [4.78, 5) is 23.8. The molecule has 0 bridgehead atoms. The first-order chi connectivity index (χ1) is 9.00. The molecule has 6 heteroatoms. The average molecular weight is 260 g/mol. The van der Waals surface area contributed by atoms with Gasteiger partial charge in [0, 0.05) is 5.92 Å². The molecule has 1 atom stereocenters. The Kier molecular flexibility index (Phi) is 3.59. The minimum absolute atomic E-state index is 0.0160. The Morgan fingerprint density at radius 1 is 1.21 bits per heavy atom. The van der Waals surface area contributed by atoms with Crippen LogP contribution in [0.1, 0.15) is 20.8 Å². The van der Waals surface area contributed by atoms with E-state index in [-0.39, 0.29) is 11.7 Å². The van der Waals surface area contributed by atoms with Gasteiger partial charge in [-0.05, 0) is 19.1 Å². The van der Waals surface area contributed by atoms with E-state index in [1.54, 1.807) is 39.0 Å². The van der Waals surface area contributed by atoms with Crippen molar-refractivity contribution in [3.63, 3.8) is 0 Å². The average Bonchev–Trinajstić information content (AvgIpc) is 2.81. The van der Waals surface area contributed by atoms with Crippen molar-refractivity contribution in [1.82, 2.24) is 20.3 Å². The van der Waals surface area contributed by atoms with Gasteiger partial charge in [-0.3, -0.25) is 4.79 Å². The first-order valence-electron chi connectivity index (χ1n) is 6.15. The van der Waals surface area contributed by atoms with Gasteiger partial charge < -0.3 is 5.32 Å². The van der Waals surface area contributed by atoms with Crippen molar-refractivity contribution in [1.29, 1.82) is 0 Å². The van der Waals surface area contributed by atoms with Crippen molar-refractivity contribution in [2.75, 3.05) is 0 Å². The molecule has 1 aromatic carbocycles. The first kappa shape index (κ1) is 13.2. The fourth-order valence-corrected chi connectivity index (χ4v) is 1.84. The normalized spacial score (nSPS) is 12.6. The number of benzene rings is 1. The van der Waals surface area contributed by atoms with E-state index < -0.39 is 12.1 Å². The predicted octanol–water partition coefficient (Wildman–Crippen LogP) is 1.60. The van der Waals surface area contributed by atoms with Crippen LogP contribution in [-0.2, 0) is 4.79 Å². The number of hydrogen-bond acceptors (Lipinski definition) is 4. The van der Waals surface area contributed by atoms with E-state index in [2.05, 4.69) is 15.6 Å². The van der Waals surface area contributed by atoms with Crippen LogP contribution in [0.3, 0.4) is 0 Å². The minimum atomic E-state index is -0.546. The van der Waals surface area contributed by atoms with Crippen molar-refractivity contribution in [2.45, 2.75) is 26.8 Å². The molecule has 2 rings (SSSR count). The third-order valence-corrected chi connectivity index (χ3v) is 2.88. The third-order valence-electron chi connectivity index (χ3n) is 2.88. The monoisotopic (exact) mass is 260 g/mol. The van der Waals surface area contributed by atoms with Gasteiger partial charge >= 0.3 is 6.03 Å². The molecule has 0 aliphatic rings. The lowest BCUT2D eigenvalue weighted by Crippen LogP contribution is -2.42. The number of aromatic nitrogens is 3. The fraction of sp³-hybridized carbons (Fsp3) is 0.385. The molecule has 6 nitrogen and oxygen atoms in total. The number of ketones is 1. The number of amides is 1. The second-order valence-electron chi connectivity index (χ2n) is 4.72. The molecule has 100 valence electrons. The smallest absolute Gasteiger partial charge is 0.327 e. The third kappa shape index (κ3) is 2.62. The van der Waals surface area contributed by atoms with Gasteiger partial charge in [-0.15, -0.1) is 5.10 Å². The molecule has 1 N–H and O–H groups in total. The molecule has 0 aliphatic carbocycles. The summed E-state index contributed by atoms with van der Waals surface area (Å²) in [6.07, 6.45) is 0. The van der Waals surface area contributed by atoms with Crippen molar-refractivity contribution < 1.29 is 9.59 Å². The van der Waals surface area contributed by atoms with Crippen molar-refractivity contribution in [3.05, 3.63) is 24.3 Å². The van der Waals surface area contributed by atoms with Crippen LogP contribution >= 0.6 is 0 Å². The quantitative estimate of drug-likeness (QED) is 0.909. The van der Waals surface area contributed by atoms with Crippen molar-refractivity contribution in [2.24, 2.45) is 5.92 Å². The number of carbonyl (C=O) groups excluding carboxylic acids is 2. The second-order valence-corrected chi connectivity index (χ2v) is 4.72. The maximum atomic E-state index is 12.1. The van der Waals surface area contributed by atoms with E-state index in [4.69, 9.17) is 0 Å². The number of para-hydroxylation sites is 1. The highest BCUT2D eigenvalue weighted by Crippen LogP contribution is 2.09. The Labute approximate surface area is 110 Å². The predicted molar refractivity (Wildman–Crippen MR) is 70.8 cm³/mol. The summed E-state index contributed by atoms with van der Waals surface area (Å²) in [5.74, 6) is -0.138. The molecule has 19 heavy (non-hydrogen) atoms. The number of Topliss-reactive ketones (excluding diaryl/α,β-unsaturated/α-hetero) is 1. The highest BCUT2D eigenvalue weighted by Gasteiger charge is 2.20. The van der Waals surface area contributed by atoms with Crippen LogP contribution in [0.2, 0.25) is 0 Å². The molecule has 0 fully saturated rings. The van der Waals surface area contributed by atoms with Crippen LogP contribution in [0.5, 0.6) is 0 Å². The van der Waals surface area contributed by atoms with Gasteiger partial charge in [0.05, 0.1) is 11.6 Å². The first-order valence-corrected chi connectivity index (χ1v) is 6.15. The fourth-order valence-electron chi connectivity index (χ4n) is 1.84. The number of carbonyl (C=O) groups is 2. The van der Waals surface area contributed by atoms with Gasteiger partial charge in [-0.2, -0.15) is 4.68 Å². The van der Waals surface area contributed by atoms with Crippen LogP contribution in [0.15, 0.2) is 24.3 Å². The van der Waals surface area contributed by atoms with Crippen LogP contribution in [0, 0.1) is 5.92 Å². The van der Waals surface area contributed by atoms with E-state index in [0.717, 1.165) is 0 Å². The lowest BCUT2D eigenvalue weighted by atomic mass is 10.0. The molecule has 1 aromatic heterocycles. The Morgan fingerprint density at radius 2 is 1.89 bits per heavy atom. The maximum Gasteiger partial charge on any atom is 0.344 e. The standard InChI is InChI=1S/C13H16N4O2/c1-8(2)12(18)9(3)14-13(19)17-11-7-5-4-6-10(11)15-16-17/h4-9H,1-3H3,(H,14,19). The molecule has 2 aromatic rings. The summed E-state index contributed by atoms with van der Waals surface area (Å²) in [7, 11) is 0. The summed E-state index contributed by atoms with van der Waals surface area (Å²) in [6, 6.07) is 6.16. The second kappa shape index (κ2) is 5.17. The zero-order valence-electron chi connectivity index (χ0n) is 11.1. The molecule has 0 saturated heterocycles. The highest BCUT2D eigenvalue weighted by molar-refractivity contribution is 5.92. The molecular weight excluding hydrogens is 244 g/mol. The van der Waals surface area contributed by atoms with Crippen molar-refractivity contribution in [3.8, 4) is 0 Å².